The Morgan fingerprint density at radius 1 is 1.55 bits per heavy atom. The van der Waals surface area contributed by atoms with Gasteiger partial charge in [0.25, 0.3) is 0 Å². The highest BCUT2D eigenvalue weighted by molar-refractivity contribution is 9.10. The van der Waals surface area contributed by atoms with Crippen molar-refractivity contribution < 1.29 is 0 Å². The predicted molar refractivity (Wildman–Crippen MR) is 50.5 cm³/mol. The van der Waals surface area contributed by atoms with Crippen LogP contribution in [0.4, 0.5) is 0 Å². The average molecular weight is 214 g/mol. The van der Waals surface area contributed by atoms with Gasteiger partial charge in [-0.3, -0.25) is 0 Å². The fraction of sp³-hybridized carbons (Fsp3) is 0.444. The smallest absolute Gasteiger partial charge is 0.106 e. The van der Waals surface area contributed by atoms with Crippen molar-refractivity contribution in [3.8, 4) is 0 Å². The van der Waals surface area contributed by atoms with Gasteiger partial charge in [0.15, 0.2) is 0 Å². The van der Waals surface area contributed by atoms with Gasteiger partial charge in [0.1, 0.15) is 4.60 Å². The molecule has 0 atom stereocenters. The standard InChI is InChI=1S/C9H12BrN/c1-2-3-4-8-5-6-11-9(10)7-8/h5-7H,2-4H2,1H3. The van der Waals surface area contributed by atoms with E-state index in [9.17, 15) is 0 Å². The monoisotopic (exact) mass is 213 g/mol. The van der Waals surface area contributed by atoms with Crippen LogP contribution in [-0.4, -0.2) is 4.98 Å². The molecule has 0 spiro atoms. The number of nitrogens with zero attached hydrogens (tertiary/aromatic N) is 1. The predicted octanol–water partition coefficient (Wildman–Crippen LogP) is 3.19. The zero-order valence-electron chi connectivity index (χ0n) is 6.68. The summed E-state index contributed by atoms with van der Waals surface area (Å²) in [4.78, 5) is 4.06. The molecule has 2 heteroatoms. The van der Waals surface area contributed by atoms with Crippen molar-refractivity contribution in [2.24, 2.45) is 0 Å². The molecule has 0 saturated carbocycles. The molecule has 0 radical (unpaired) electrons. The second-order valence-corrected chi connectivity index (χ2v) is 3.40. The molecule has 1 rings (SSSR count). The molecule has 0 amide bonds. The maximum atomic E-state index is 4.06. The molecule has 0 aliphatic rings. The van der Waals surface area contributed by atoms with Gasteiger partial charge in [0.2, 0.25) is 0 Å². The Morgan fingerprint density at radius 3 is 3.00 bits per heavy atom. The summed E-state index contributed by atoms with van der Waals surface area (Å²) in [5.41, 5.74) is 1.37. The number of unbranched alkanes of at least 4 members (excludes halogenated alkanes) is 1. The minimum absolute atomic E-state index is 0.936. The number of halogens is 1. The summed E-state index contributed by atoms with van der Waals surface area (Å²) in [6.45, 7) is 2.20. The molecule has 1 aromatic heterocycles. The molecule has 0 N–H and O–H groups in total. The lowest BCUT2D eigenvalue weighted by Gasteiger charge is -1.98. The summed E-state index contributed by atoms with van der Waals surface area (Å²) in [5, 5.41) is 0. The fourth-order valence-corrected chi connectivity index (χ4v) is 1.39. The van der Waals surface area contributed by atoms with Gasteiger partial charge in [0, 0.05) is 6.20 Å². The molecule has 0 aromatic carbocycles. The van der Waals surface area contributed by atoms with E-state index in [0.717, 1.165) is 11.0 Å². The molecular weight excluding hydrogens is 202 g/mol. The Kier molecular flexibility index (Phi) is 3.57. The summed E-state index contributed by atoms with van der Waals surface area (Å²) in [5.74, 6) is 0. The quantitative estimate of drug-likeness (QED) is 0.704. The van der Waals surface area contributed by atoms with E-state index in [4.69, 9.17) is 0 Å². The fourth-order valence-electron chi connectivity index (χ4n) is 0.979. The number of rotatable bonds is 3. The minimum Gasteiger partial charge on any atom is -0.249 e. The molecule has 0 unspecified atom stereocenters. The van der Waals surface area contributed by atoms with Crippen LogP contribution in [0.5, 0.6) is 0 Å². The number of pyridine rings is 1. The van der Waals surface area contributed by atoms with E-state index in [1.807, 2.05) is 6.20 Å². The normalized spacial score (nSPS) is 10.0. The Labute approximate surface area is 76.0 Å². The van der Waals surface area contributed by atoms with E-state index in [-0.39, 0.29) is 0 Å². The van der Waals surface area contributed by atoms with Gasteiger partial charge in [-0.15, -0.1) is 0 Å². The zero-order valence-corrected chi connectivity index (χ0v) is 8.26. The Bertz CT molecular complexity index is 223. The van der Waals surface area contributed by atoms with E-state index >= 15 is 0 Å². The number of aromatic nitrogens is 1. The van der Waals surface area contributed by atoms with Crippen molar-refractivity contribution >= 4 is 15.9 Å². The van der Waals surface area contributed by atoms with Crippen molar-refractivity contribution in [3.05, 3.63) is 28.5 Å². The first-order chi connectivity index (χ1) is 5.33. The number of hydrogen-bond donors (Lipinski definition) is 0. The number of hydrogen-bond acceptors (Lipinski definition) is 1. The lowest BCUT2D eigenvalue weighted by atomic mass is 10.1. The third kappa shape index (κ3) is 3.02. The molecule has 11 heavy (non-hydrogen) atoms. The summed E-state index contributed by atoms with van der Waals surface area (Å²) >= 11 is 3.34. The van der Waals surface area contributed by atoms with E-state index in [1.54, 1.807) is 0 Å². The van der Waals surface area contributed by atoms with Crippen LogP contribution in [0.1, 0.15) is 25.3 Å². The first kappa shape index (κ1) is 8.72. The Balaban J connectivity index is 2.56. The highest BCUT2D eigenvalue weighted by atomic mass is 79.9. The van der Waals surface area contributed by atoms with E-state index < -0.39 is 0 Å². The van der Waals surface area contributed by atoms with Gasteiger partial charge < -0.3 is 0 Å². The molecule has 1 heterocycles. The second-order valence-electron chi connectivity index (χ2n) is 2.59. The second kappa shape index (κ2) is 4.50. The highest BCUT2D eigenvalue weighted by Gasteiger charge is 1.92. The third-order valence-corrected chi connectivity index (χ3v) is 2.04. The van der Waals surface area contributed by atoms with Gasteiger partial charge >= 0.3 is 0 Å². The van der Waals surface area contributed by atoms with Crippen LogP contribution in [0.15, 0.2) is 22.9 Å². The van der Waals surface area contributed by atoms with Crippen LogP contribution in [0, 0.1) is 0 Å². The molecular formula is C9H12BrN. The Morgan fingerprint density at radius 2 is 2.36 bits per heavy atom. The van der Waals surface area contributed by atoms with Gasteiger partial charge in [0.05, 0.1) is 0 Å². The summed E-state index contributed by atoms with van der Waals surface area (Å²) in [6.07, 6.45) is 5.52. The van der Waals surface area contributed by atoms with Crippen LogP contribution in [0.2, 0.25) is 0 Å². The van der Waals surface area contributed by atoms with Crippen LogP contribution < -0.4 is 0 Å². The Hall–Kier alpha value is -0.370. The SMILES string of the molecule is CCCCc1ccnc(Br)c1. The largest absolute Gasteiger partial charge is 0.249 e. The van der Waals surface area contributed by atoms with Crippen LogP contribution in [0.3, 0.4) is 0 Å². The molecule has 1 nitrogen and oxygen atoms in total. The van der Waals surface area contributed by atoms with Crippen molar-refractivity contribution in [2.75, 3.05) is 0 Å². The average Bonchev–Trinajstić information content (AvgIpc) is 2.01. The molecule has 0 aliphatic carbocycles. The number of aryl methyl sites for hydroxylation is 1. The molecule has 60 valence electrons. The maximum absolute atomic E-state index is 4.06. The van der Waals surface area contributed by atoms with Crippen molar-refractivity contribution in [1.29, 1.82) is 0 Å². The van der Waals surface area contributed by atoms with Gasteiger partial charge in [-0.05, 0) is 46.5 Å². The van der Waals surface area contributed by atoms with Crippen LogP contribution in [-0.2, 0) is 6.42 Å². The van der Waals surface area contributed by atoms with Gasteiger partial charge in [-0.2, -0.15) is 0 Å². The minimum atomic E-state index is 0.936. The van der Waals surface area contributed by atoms with Crippen LogP contribution in [0.25, 0.3) is 0 Å². The van der Waals surface area contributed by atoms with Gasteiger partial charge in [-0.25, -0.2) is 4.98 Å². The molecule has 0 aliphatic heterocycles. The maximum Gasteiger partial charge on any atom is 0.106 e. The topological polar surface area (TPSA) is 12.9 Å². The molecule has 0 saturated heterocycles. The summed E-state index contributed by atoms with van der Waals surface area (Å²) < 4.78 is 0.936. The lowest BCUT2D eigenvalue weighted by Crippen LogP contribution is -1.85. The van der Waals surface area contributed by atoms with E-state index in [2.05, 4.69) is 40.0 Å². The first-order valence-corrected chi connectivity index (χ1v) is 4.72. The molecule has 0 bridgehead atoms. The van der Waals surface area contributed by atoms with E-state index in [1.165, 1.54) is 18.4 Å². The van der Waals surface area contributed by atoms with Crippen molar-refractivity contribution in [1.82, 2.24) is 4.98 Å². The summed E-state index contributed by atoms with van der Waals surface area (Å²) in [7, 11) is 0. The van der Waals surface area contributed by atoms with Crippen LogP contribution >= 0.6 is 15.9 Å². The lowest BCUT2D eigenvalue weighted by molar-refractivity contribution is 0.793. The van der Waals surface area contributed by atoms with Gasteiger partial charge in [-0.1, -0.05) is 13.3 Å². The van der Waals surface area contributed by atoms with Crippen molar-refractivity contribution in [3.63, 3.8) is 0 Å². The third-order valence-electron chi connectivity index (χ3n) is 1.61. The molecule has 1 aromatic rings. The highest BCUT2D eigenvalue weighted by Crippen LogP contribution is 2.10. The zero-order chi connectivity index (χ0) is 8.10. The molecule has 0 fully saturated rings. The van der Waals surface area contributed by atoms with E-state index in [0.29, 0.717) is 0 Å². The first-order valence-electron chi connectivity index (χ1n) is 3.93. The van der Waals surface area contributed by atoms with Crippen molar-refractivity contribution in [2.45, 2.75) is 26.2 Å². The summed E-state index contributed by atoms with van der Waals surface area (Å²) in [6, 6.07) is 4.15.